The Bertz CT molecular complexity index is 1540. The number of imide groups is 1. The van der Waals surface area contributed by atoms with Gasteiger partial charge in [-0.2, -0.15) is 13.2 Å². The van der Waals surface area contributed by atoms with Gasteiger partial charge in [-0.1, -0.05) is 13.8 Å². The van der Waals surface area contributed by atoms with E-state index in [1.54, 1.807) is 19.2 Å². The van der Waals surface area contributed by atoms with Crippen molar-refractivity contribution in [2.45, 2.75) is 52.5 Å². The van der Waals surface area contributed by atoms with Crippen LogP contribution in [0.25, 0.3) is 21.5 Å². The summed E-state index contributed by atoms with van der Waals surface area (Å²) in [4.78, 5) is 38.9. The second-order valence-electron chi connectivity index (χ2n) is 12.2. The van der Waals surface area contributed by atoms with E-state index < -0.39 is 11.9 Å². The number of alkyl halides is 3. The molecule has 0 bridgehead atoms. The molecule has 4 atom stereocenters. The number of amides is 2. The first-order chi connectivity index (χ1) is 18.9. The summed E-state index contributed by atoms with van der Waals surface area (Å²) in [6.07, 6.45) is -1.92. The van der Waals surface area contributed by atoms with Crippen LogP contribution in [0.5, 0.6) is 0 Å². The van der Waals surface area contributed by atoms with E-state index >= 15 is 0 Å². The molecule has 3 aromatic rings. The fraction of sp³-hybridized carbons (Fsp3) is 0.517. The average molecular weight is 570 g/mol. The van der Waals surface area contributed by atoms with Crippen molar-refractivity contribution in [1.82, 2.24) is 25.1 Å². The molecule has 7 nitrogen and oxygen atoms in total. The lowest BCUT2D eigenvalue weighted by Gasteiger charge is -2.26. The molecule has 3 aromatic heterocycles. The number of nitrogens with zero attached hydrogens (tertiary/aromatic N) is 4. The Morgan fingerprint density at radius 3 is 2.60 bits per heavy atom. The van der Waals surface area contributed by atoms with Gasteiger partial charge in [0, 0.05) is 35.8 Å². The first-order valence-corrected chi connectivity index (χ1v) is 14.5. The van der Waals surface area contributed by atoms with Crippen molar-refractivity contribution >= 4 is 33.4 Å². The van der Waals surface area contributed by atoms with Crippen LogP contribution in [0.1, 0.15) is 42.0 Å². The van der Waals surface area contributed by atoms with Crippen molar-refractivity contribution < 1.29 is 22.8 Å². The number of aromatic nitrogens is 2. The summed E-state index contributed by atoms with van der Waals surface area (Å²) >= 11 is 1.36. The van der Waals surface area contributed by atoms with Crippen molar-refractivity contribution in [3.63, 3.8) is 0 Å². The van der Waals surface area contributed by atoms with Crippen molar-refractivity contribution in [3.05, 3.63) is 46.1 Å². The van der Waals surface area contributed by atoms with Gasteiger partial charge in [0.1, 0.15) is 5.69 Å². The number of piperidine rings is 1. The number of likely N-dealkylation sites (tertiary alicyclic amines) is 2. The molecule has 0 spiro atoms. The maximum absolute atomic E-state index is 13.9. The molecule has 3 aliphatic heterocycles. The van der Waals surface area contributed by atoms with Gasteiger partial charge in [-0.3, -0.25) is 24.4 Å². The van der Waals surface area contributed by atoms with Crippen LogP contribution in [0.3, 0.4) is 0 Å². The van der Waals surface area contributed by atoms with Crippen molar-refractivity contribution in [2.24, 2.45) is 23.2 Å². The van der Waals surface area contributed by atoms with Crippen molar-refractivity contribution in [1.29, 1.82) is 0 Å². The Balaban J connectivity index is 1.27. The number of nitrogens with one attached hydrogen (secondary N) is 1. The fourth-order valence-corrected chi connectivity index (χ4v) is 8.29. The summed E-state index contributed by atoms with van der Waals surface area (Å²) in [6.45, 7) is 9.04. The van der Waals surface area contributed by atoms with Crippen LogP contribution < -0.4 is 5.32 Å². The maximum atomic E-state index is 13.9. The zero-order valence-corrected chi connectivity index (χ0v) is 23.3. The van der Waals surface area contributed by atoms with E-state index in [0.717, 1.165) is 42.6 Å². The molecular weight excluding hydrogens is 539 g/mol. The lowest BCUT2D eigenvalue weighted by atomic mass is 9.99. The first-order valence-electron chi connectivity index (χ1n) is 13.7. The minimum absolute atomic E-state index is 0.145. The van der Waals surface area contributed by atoms with E-state index in [9.17, 15) is 22.8 Å². The van der Waals surface area contributed by atoms with Gasteiger partial charge in [0.05, 0.1) is 34.3 Å². The maximum Gasteiger partial charge on any atom is 0.433 e. The molecule has 4 unspecified atom stereocenters. The Morgan fingerprint density at radius 2 is 1.88 bits per heavy atom. The van der Waals surface area contributed by atoms with Gasteiger partial charge in [-0.15, -0.1) is 11.3 Å². The molecule has 40 heavy (non-hydrogen) atoms. The summed E-state index contributed by atoms with van der Waals surface area (Å²) in [5.41, 5.74) is 1.67. The number of pyridine rings is 2. The van der Waals surface area contributed by atoms with Crippen molar-refractivity contribution in [2.75, 3.05) is 19.6 Å². The predicted octanol–water partition coefficient (Wildman–Crippen LogP) is 4.62. The van der Waals surface area contributed by atoms with E-state index in [1.165, 1.54) is 16.2 Å². The highest BCUT2D eigenvalue weighted by Crippen LogP contribution is 2.63. The lowest BCUT2D eigenvalue weighted by molar-refractivity contribution is -0.144. The van der Waals surface area contributed by atoms with Crippen LogP contribution in [0.2, 0.25) is 0 Å². The first kappa shape index (κ1) is 26.0. The number of carbonyl (C=O) groups is 2. The Hall–Kier alpha value is -2.89. The van der Waals surface area contributed by atoms with Gasteiger partial charge < -0.3 is 5.32 Å². The number of thiophene rings is 1. The van der Waals surface area contributed by atoms with Crippen LogP contribution in [0.4, 0.5) is 13.2 Å². The van der Waals surface area contributed by atoms with E-state index in [2.05, 4.69) is 20.2 Å². The predicted molar refractivity (Wildman–Crippen MR) is 144 cm³/mol. The van der Waals surface area contributed by atoms with E-state index in [1.807, 2.05) is 19.9 Å². The fourth-order valence-electron chi connectivity index (χ4n) is 7.17. The molecule has 1 aliphatic carbocycles. The minimum Gasteiger partial charge on any atom is -0.315 e. The van der Waals surface area contributed by atoms with Crippen LogP contribution in [0.15, 0.2) is 24.4 Å². The van der Waals surface area contributed by atoms with E-state index in [4.69, 9.17) is 0 Å². The Morgan fingerprint density at radius 1 is 1.12 bits per heavy atom. The number of fused-ring (bicyclic) bond motifs is 3. The molecule has 11 heteroatoms. The van der Waals surface area contributed by atoms with Crippen LogP contribution in [-0.4, -0.2) is 57.3 Å². The monoisotopic (exact) mass is 569 g/mol. The SMILES string of the molecule is Cc1cc(C(F)(F)F)nc(-c2ccnc3cc(CN4C(=O)C5C(C4=O)C5(C)C)sc23)c1CN1CCC2CNCC21. The molecular formula is C29H30F3N5O2S. The second-order valence-corrected chi connectivity index (χ2v) is 13.4. The zero-order valence-electron chi connectivity index (χ0n) is 22.5. The third-order valence-electron chi connectivity index (χ3n) is 9.48. The number of halogens is 3. The molecule has 0 aromatic carbocycles. The van der Waals surface area contributed by atoms with Gasteiger partial charge in [0.25, 0.3) is 0 Å². The summed E-state index contributed by atoms with van der Waals surface area (Å²) in [6, 6.07) is 5.07. The molecule has 0 radical (unpaired) electrons. The molecule has 4 fully saturated rings. The van der Waals surface area contributed by atoms with E-state index in [0.29, 0.717) is 45.5 Å². The molecule has 1 N–H and O–H groups in total. The number of aryl methyl sites for hydroxylation is 1. The van der Waals surface area contributed by atoms with Gasteiger partial charge in [0.15, 0.2) is 0 Å². The number of rotatable bonds is 5. The number of hydrogen-bond acceptors (Lipinski definition) is 7. The summed E-state index contributed by atoms with van der Waals surface area (Å²) in [5, 5.41) is 3.44. The molecule has 6 heterocycles. The average Bonchev–Trinajstić information content (AvgIpc) is 3.43. The standard InChI is InChI=1S/C29H30F3N5O2S/c1-14-8-21(29(30,31)32)35-24(18(14)13-36-7-5-15-10-33-11-20(15)36)17-4-6-34-19-9-16(40-25(17)19)12-37-26(38)22-23(27(37)39)28(22,2)3/h4,6,8-9,15,20,22-23,33H,5,7,10-13H2,1-3H3. The van der Waals surface area contributed by atoms with Gasteiger partial charge >= 0.3 is 6.18 Å². The van der Waals surface area contributed by atoms with Gasteiger partial charge in [-0.25, -0.2) is 4.98 Å². The highest BCUT2D eigenvalue weighted by molar-refractivity contribution is 7.19. The van der Waals surface area contributed by atoms with Gasteiger partial charge in [-0.05, 0) is 67.1 Å². The summed E-state index contributed by atoms with van der Waals surface area (Å²) in [7, 11) is 0. The molecule has 1 saturated carbocycles. The quantitative estimate of drug-likeness (QED) is 0.452. The lowest BCUT2D eigenvalue weighted by Crippen LogP contribution is -2.35. The summed E-state index contributed by atoms with van der Waals surface area (Å²) < 4.78 is 42.5. The van der Waals surface area contributed by atoms with Crippen LogP contribution in [-0.2, 0) is 28.9 Å². The highest BCUT2D eigenvalue weighted by atomic mass is 32.1. The molecule has 3 saturated heterocycles. The molecule has 210 valence electrons. The van der Waals surface area contributed by atoms with Crippen molar-refractivity contribution in [3.8, 4) is 11.3 Å². The van der Waals surface area contributed by atoms with Crippen LogP contribution in [0, 0.1) is 30.1 Å². The molecule has 4 aliphatic rings. The highest BCUT2D eigenvalue weighted by Gasteiger charge is 2.72. The Kier molecular flexibility index (Phi) is 5.73. The molecule has 2 amide bonds. The number of hydrogen-bond donors (Lipinski definition) is 1. The topological polar surface area (TPSA) is 78.4 Å². The Labute approximate surface area is 233 Å². The van der Waals surface area contributed by atoms with E-state index in [-0.39, 0.29) is 35.6 Å². The molecule has 7 rings (SSSR count). The zero-order chi connectivity index (χ0) is 28.1. The van der Waals surface area contributed by atoms with Gasteiger partial charge in [0.2, 0.25) is 11.8 Å². The minimum atomic E-state index is -4.58. The summed E-state index contributed by atoms with van der Waals surface area (Å²) in [5.74, 6) is -0.251. The largest absolute Gasteiger partial charge is 0.433 e. The second kappa shape index (κ2) is 8.80. The normalized spacial score (nSPS) is 27.6. The smallest absolute Gasteiger partial charge is 0.315 e. The third kappa shape index (κ3) is 3.92. The van der Waals surface area contributed by atoms with Crippen LogP contribution >= 0.6 is 11.3 Å². The third-order valence-corrected chi connectivity index (χ3v) is 10.6. The number of carbonyl (C=O) groups excluding carboxylic acids is 2.